The summed E-state index contributed by atoms with van der Waals surface area (Å²) in [5.74, 6) is 1.77. The van der Waals surface area contributed by atoms with Crippen molar-refractivity contribution in [3.8, 4) is 0 Å². The number of carbonyl (C=O) groups is 1. The number of nitrogens with zero attached hydrogens (tertiary/aromatic N) is 1. The van der Waals surface area contributed by atoms with E-state index in [0.717, 1.165) is 17.5 Å². The Hall–Kier alpha value is -0.910. The van der Waals surface area contributed by atoms with Crippen molar-refractivity contribution in [3.63, 3.8) is 0 Å². The minimum absolute atomic E-state index is 0.487. The summed E-state index contributed by atoms with van der Waals surface area (Å²) in [7, 11) is 0. The highest BCUT2D eigenvalue weighted by Gasteiger charge is 2.10. The van der Waals surface area contributed by atoms with Crippen molar-refractivity contribution in [2.24, 2.45) is 16.6 Å². The summed E-state index contributed by atoms with van der Waals surface area (Å²) < 4.78 is 0. The average molecular weight is 216 g/mol. The fourth-order valence-electron chi connectivity index (χ4n) is 1.02. The van der Waals surface area contributed by atoms with Crippen LogP contribution in [0.25, 0.3) is 0 Å². The molecule has 0 saturated carbocycles. The van der Waals surface area contributed by atoms with Gasteiger partial charge in [0, 0.05) is 25.4 Å². The van der Waals surface area contributed by atoms with Gasteiger partial charge in [0.2, 0.25) is 0 Å². The number of thioether (sulfide) groups is 1. The molecule has 0 aromatic heterocycles. The zero-order chi connectivity index (χ0) is 10.4. The molecule has 14 heavy (non-hydrogen) atoms. The largest absolute Gasteiger partial charge is 0.363 e. The van der Waals surface area contributed by atoms with Crippen molar-refractivity contribution < 1.29 is 4.79 Å². The van der Waals surface area contributed by atoms with Crippen LogP contribution in [-0.2, 0) is 0 Å². The van der Waals surface area contributed by atoms with Crippen molar-refractivity contribution in [1.29, 1.82) is 0 Å². The smallest absolute Gasteiger partial charge is 0.312 e. The first-order valence-corrected chi connectivity index (χ1v) is 5.61. The van der Waals surface area contributed by atoms with Crippen LogP contribution in [0.1, 0.15) is 6.92 Å². The molecule has 0 aromatic rings. The molecule has 4 N–H and O–H groups in total. The van der Waals surface area contributed by atoms with Crippen molar-refractivity contribution in [2.45, 2.75) is 6.92 Å². The molecule has 2 amide bonds. The van der Waals surface area contributed by atoms with Crippen LogP contribution in [0.2, 0.25) is 0 Å². The normalized spacial score (nSPS) is 21.2. The van der Waals surface area contributed by atoms with Crippen LogP contribution in [0.4, 0.5) is 4.79 Å². The quantitative estimate of drug-likeness (QED) is 0.580. The van der Waals surface area contributed by atoms with Gasteiger partial charge in [0.05, 0.1) is 0 Å². The lowest BCUT2D eigenvalue weighted by Gasteiger charge is -2.17. The van der Waals surface area contributed by atoms with Gasteiger partial charge < -0.3 is 16.4 Å². The van der Waals surface area contributed by atoms with E-state index in [4.69, 9.17) is 5.73 Å². The molecule has 0 radical (unpaired) electrons. The van der Waals surface area contributed by atoms with Crippen LogP contribution < -0.4 is 16.4 Å². The number of rotatable bonds is 3. The topological polar surface area (TPSA) is 79.5 Å². The number of hydrogen-bond donors (Lipinski definition) is 3. The summed E-state index contributed by atoms with van der Waals surface area (Å²) >= 11 is 1.73. The summed E-state index contributed by atoms with van der Waals surface area (Å²) in [4.78, 5) is 14.7. The Labute approximate surface area is 87.9 Å². The number of nitrogens with two attached hydrogens (primary N) is 1. The third kappa shape index (κ3) is 4.36. The Morgan fingerprint density at radius 1 is 1.71 bits per heavy atom. The van der Waals surface area contributed by atoms with E-state index in [0.29, 0.717) is 19.0 Å². The number of amides is 2. The van der Waals surface area contributed by atoms with Crippen LogP contribution in [0.15, 0.2) is 4.99 Å². The molecule has 6 heteroatoms. The van der Waals surface area contributed by atoms with Gasteiger partial charge in [-0.05, 0) is 5.92 Å². The van der Waals surface area contributed by atoms with E-state index in [1.165, 1.54) is 0 Å². The molecule has 5 nitrogen and oxygen atoms in total. The molecular weight excluding hydrogens is 200 g/mol. The standard InChI is InChI=1S/C8H16N4OS/c1-6-4-12-8(14-5-6)11-3-2-10-7(9)13/h6H,2-5H2,1H3,(H,11,12)(H3,9,10,13). The summed E-state index contributed by atoms with van der Waals surface area (Å²) in [6, 6.07) is -0.487. The molecule has 80 valence electrons. The monoisotopic (exact) mass is 216 g/mol. The van der Waals surface area contributed by atoms with E-state index >= 15 is 0 Å². The van der Waals surface area contributed by atoms with Crippen molar-refractivity contribution in [1.82, 2.24) is 10.6 Å². The highest BCUT2D eigenvalue weighted by atomic mass is 32.2. The highest BCUT2D eigenvalue weighted by molar-refractivity contribution is 8.13. The maximum Gasteiger partial charge on any atom is 0.312 e. The van der Waals surface area contributed by atoms with Gasteiger partial charge in [-0.25, -0.2) is 4.79 Å². The van der Waals surface area contributed by atoms with E-state index < -0.39 is 6.03 Å². The Morgan fingerprint density at radius 3 is 3.07 bits per heavy atom. The van der Waals surface area contributed by atoms with E-state index in [2.05, 4.69) is 22.5 Å². The number of amidine groups is 1. The van der Waals surface area contributed by atoms with Gasteiger partial charge in [0.15, 0.2) is 5.17 Å². The molecule has 1 unspecified atom stereocenters. The maximum atomic E-state index is 10.3. The first-order chi connectivity index (χ1) is 6.68. The summed E-state index contributed by atoms with van der Waals surface area (Å²) in [5.41, 5.74) is 4.92. The molecule has 0 aromatic carbocycles. The Balaban J connectivity index is 2.10. The molecule has 0 saturated heterocycles. The summed E-state index contributed by atoms with van der Waals surface area (Å²) in [6.45, 7) is 4.27. The first kappa shape index (κ1) is 11.2. The Morgan fingerprint density at radius 2 is 2.50 bits per heavy atom. The molecule has 1 heterocycles. The molecule has 1 rings (SSSR count). The molecule has 0 spiro atoms. The number of hydrogen-bond acceptors (Lipinski definition) is 4. The maximum absolute atomic E-state index is 10.3. The summed E-state index contributed by atoms with van der Waals surface area (Å²) in [6.07, 6.45) is 0. The second-order valence-electron chi connectivity index (χ2n) is 3.28. The zero-order valence-electron chi connectivity index (χ0n) is 8.25. The van der Waals surface area contributed by atoms with Gasteiger partial charge in [-0.3, -0.25) is 4.99 Å². The van der Waals surface area contributed by atoms with Crippen molar-refractivity contribution in [2.75, 3.05) is 25.4 Å². The number of urea groups is 1. The van der Waals surface area contributed by atoms with Crippen molar-refractivity contribution >= 4 is 23.0 Å². The molecule has 0 fully saturated rings. The molecular formula is C8H16N4OS. The minimum Gasteiger partial charge on any atom is -0.363 e. The SMILES string of the molecule is CC1CN=C(NCCNC(N)=O)SC1. The van der Waals surface area contributed by atoms with Crippen LogP contribution in [-0.4, -0.2) is 36.6 Å². The van der Waals surface area contributed by atoms with Gasteiger partial charge >= 0.3 is 6.03 Å². The van der Waals surface area contributed by atoms with Gasteiger partial charge in [0.25, 0.3) is 0 Å². The third-order valence-corrected chi connectivity index (χ3v) is 3.03. The first-order valence-electron chi connectivity index (χ1n) is 4.63. The number of aliphatic imine (C=N–C) groups is 1. The molecule has 1 atom stereocenters. The third-order valence-electron chi connectivity index (χ3n) is 1.75. The van der Waals surface area contributed by atoms with E-state index in [-0.39, 0.29) is 0 Å². The second-order valence-corrected chi connectivity index (χ2v) is 4.29. The number of primary amides is 1. The van der Waals surface area contributed by atoms with E-state index in [1.807, 2.05) is 0 Å². The predicted octanol–water partition coefficient (Wildman–Crippen LogP) is -0.0168. The molecule has 0 aliphatic carbocycles. The highest BCUT2D eigenvalue weighted by Crippen LogP contribution is 2.15. The van der Waals surface area contributed by atoms with Gasteiger partial charge in [-0.15, -0.1) is 0 Å². The predicted molar refractivity (Wildman–Crippen MR) is 59.5 cm³/mol. The van der Waals surface area contributed by atoms with Gasteiger partial charge in [0.1, 0.15) is 0 Å². The second kappa shape index (κ2) is 5.74. The zero-order valence-corrected chi connectivity index (χ0v) is 9.06. The fourth-order valence-corrected chi connectivity index (χ4v) is 1.94. The van der Waals surface area contributed by atoms with Crippen molar-refractivity contribution in [3.05, 3.63) is 0 Å². The lowest BCUT2D eigenvalue weighted by molar-refractivity contribution is 0.249. The minimum atomic E-state index is -0.487. The Bertz CT molecular complexity index is 231. The fraction of sp³-hybridized carbons (Fsp3) is 0.750. The van der Waals surface area contributed by atoms with Crippen LogP contribution in [0.5, 0.6) is 0 Å². The van der Waals surface area contributed by atoms with E-state index in [1.54, 1.807) is 11.8 Å². The van der Waals surface area contributed by atoms with Crippen LogP contribution in [0.3, 0.4) is 0 Å². The lowest BCUT2D eigenvalue weighted by Crippen LogP contribution is -2.37. The molecule has 1 aliphatic rings. The Kier molecular flexibility index (Phi) is 4.58. The summed E-state index contributed by atoms with van der Waals surface area (Å²) in [5, 5.41) is 6.61. The number of nitrogens with one attached hydrogen (secondary N) is 2. The van der Waals surface area contributed by atoms with Gasteiger partial charge in [-0.1, -0.05) is 18.7 Å². The van der Waals surface area contributed by atoms with Crippen LogP contribution >= 0.6 is 11.8 Å². The number of carbonyl (C=O) groups excluding carboxylic acids is 1. The molecule has 0 bridgehead atoms. The molecule has 1 aliphatic heterocycles. The average Bonchev–Trinajstić information content (AvgIpc) is 2.15. The van der Waals surface area contributed by atoms with Gasteiger partial charge in [-0.2, -0.15) is 0 Å². The van der Waals surface area contributed by atoms with E-state index in [9.17, 15) is 4.79 Å². The van der Waals surface area contributed by atoms with Crippen LogP contribution in [0, 0.1) is 5.92 Å². The lowest BCUT2D eigenvalue weighted by atomic mass is 10.2.